The first-order valence-electron chi connectivity index (χ1n) is 5.20. The Morgan fingerprint density at radius 2 is 1.71 bits per heavy atom. The SMILES string of the molecule is Cc1ccc(NCC(C)(C)C)cc1C. The van der Waals surface area contributed by atoms with Crippen LogP contribution in [-0.4, -0.2) is 6.54 Å². The molecule has 0 saturated heterocycles. The van der Waals surface area contributed by atoms with E-state index in [1.807, 2.05) is 0 Å². The molecule has 0 spiro atoms. The normalized spacial score (nSPS) is 11.5. The minimum absolute atomic E-state index is 0.332. The number of benzene rings is 1. The fraction of sp³-hybridized carbons (Fsp3) is 0.538. The summed E-state index contributed by atoms with van der Waals surface area (Å²) in [5.41, 5.74) is 4.26. The first-order valence-corrected chi connectivity index (χ1v) is 5.20. The van der Waals surface area contributed by atoms with Gasteiger partial charge in [0.1, 0.15) is 0 Å². The van der Waals surface area contributed by atoms with Gasteiger partial charge in [0.15, 0.2) is 0 Å². The van der Waals surface area contributed by atoms with Crippen LogP contribution in [0, 0.1) is 19.3 Å². The lowest BCUT2D eigenvalue weighted by Crippen LogP contribution is -2.18. The largest absolute Gasteiger partial charge is 0.385 e. The van der Waals surface area contributed by atoms with Crippen LogP contribution in [0.15, 0.2) is 18.2 Å². The van der Waals surface area contributed by atoms with E-state index in [2.05, 4.69) is 58.1 Å². The van der Waals surface area contributed by atoms with Gasteiger partial charge in [0.25, 0.3) is 0 Å². The van der Waals surface area contributed by atoms with Gasteiger partial charge in [0.05, 0.1) is 0 Å². The Balaban J connectivity index is 2.65. The maximum absolute atomic E-state index is 3.45. The molecule has 0 saturated carbocycles. The third-order valence-corrected chi connectivity index (χ3v) is 2.33. The van der Waals surface area contributed by atoms with Crippen molar-refractivity contribution < 1.29 is 0 Å². The van der Waals surface area contributed by atoms with E-state index in [4.69, 9.17) is 0 Å². The van der Waals surface area contributed by atoms with Crippen molar-refractivity contribution in [2.45, 2.75) is 34.6 Å². The van der Waals surface area contributed by atoms with Crippen LogP contribution < -0.4 is 5.32 Å². The summed E-state index contributed by atoms with van der Waals surface area (Å²) >= 11 is 0. The smallest absolute Gasteiger partial charge is 0.0343 e. The summed E-state index contributed by atoms with van der Waals surface area (Å²) in [6.07, 6.45) is 0. The number of rotatable bonds is 2. The third-order valence-electron chi connectivity index (χ3n) is 2.33. The minimum atomic E-state index is 0.332. The Kier molecular flexibility index (Phi) is 3.20. The Hall–Kier alpha value is -0.980. The highest BCUT2D eigenvalue weighted by Crippen LogP contribution is 2.17. The van der Waals surface area contributed by atoms with Crippen LogP contribution in [0.1, 0.15) is 31.9 Å². The van der Waals surface area contributed by atoms with Gasteiger partial charge in [-0.15, -0.1) is 0 Å². The molecule has 1 heteroatoms. The van der Waals surface area contributed by atoms with Crippen LogP contribution in [0.4, 0.5) is 5.69 Å². The van der Waals surface area contributed by atoms with E-state index >= 15 is 0 Å². The van der Waals surface area contributed by atoms with Gasteiger partial charge < -0.3 is 5.32 Å². The highest BCUT2D eigenvalue weighted by Gasteiger charge is 2.09. The number of hydrogen-bond acceptors (Lipinski definition) is 1. The summed E-state index contributed by atoms with van der Waals surface area (Å²) in [7, 11) is 0. The Labute approximate surface area is 87.5 Å². The van der Waals surface area contributed by atoms with Crippen molar-refractivity contribution in [2.24, 2.45) is 5.41 Å². The van der Waals surface area contributed by atoms with Crippen molar-refractivity contribution in [3.05, 3.63) is 29.3 Å². The van der Waals surface area contributed by atoms with Crippen LogP contribution in [0.5, 0.6) is 0 Å². The molecule has 14 heavy (non-hydrogen) atoms. The molecule has 0 heterocycles. The molecule has 0 bridgehead atoms. The molecule has 1 rings (SSSR count). The maximum Gasteiger partial charge on any atom is 0.0343 e. The molecular formula is C13H21N. The van der Waals surface area contributed by atoms with Gasteiger partial charge in [-0.25, -0.2) is 0 Å². The molecule has 1 nitrogen and oxygen atoms in total. The zero-order valence-corrected chi connectivity index (χ0v) is 9.94. The van der Waals surface area contributed by atoms with Gasteiger partial charge in [-0.3, -0.25) is 0 Å². The first-order chi connectivity index (χ1) is 6.38. The lowest BCUT2D eigenvalue weighted by atomic mass is 9.97. The average Bonchev–Trinajstić information content (AvgIpc) is 2.06. The summed E-state index contributed by atoms with van der Waals surface area (Å²) < 4.78 is 0. The van der Waals surface area contributed by atoms with Gasteiger partial charge in [-0.2, -0.15) is 0 Å². The first kappa shape index (κ1) is 11.1. The van der Waals surface area contributed by atoms with Crippen molar-refractivity contribution in [3.63, 3.8) is 0 Å². The van der Waals surface area contributed by atoms with Gasteiger partial charge in [-0.1, -0.05) is 26.8 Å². The highest BCUT2D eigenvalue weighted by molar-refractivity contribution is 5.48. The molecule has 0 atom stereocenters. The second-order valence-electron chi connectivity index (χ2n) is 5.21. The van der Waals surface area contributed by atoms with Crippen molar-refractivity contribution in [3.8, 4) is 0 Å². The number of aryl methyl sites for hydroxylation is 2. The lowest BCUT2D eigenvalue weighted by Gasteiger charge is -2.20. The molecule has 0 amide bonds. The molecule has 0 radical (unpaired) electrons. The molecule has 0 aliphatic heterocycles. The van der Waals surface area contributed by atoms with E-state index in [9.17, 15) is 0 Å². The number of anilines is 1. The van der Waals surface area contributed by atoms with E-state index in [-0.39, 0.29) is 0 Å². The summed E-state index contributed by atoms with van der Waals surface area (Å²) in [5, 5.41) is 3.45. The summed E-state index contributed by atoms with van der Waals surface area (Å²) in [6, 6.07) is 6.52. The second-order valence-corrected chi connectivity index (χ2v) is 5.21. The van der Waals surface area contributed by atoms with Crippen LogP contribution in [0.25, 0.3) is 0 Å². The summed E-state index contributed by atoms with van der Waals surface area (Å²) in [6.45, 7) is 12.0. The molecule has 0 aliphatic rings. The average molecular weight is 191 g/mol. The topological polar surface area (TPSA) is 12.0 Å². The van der Waals surface area contributed by atoms with Crippen molar-refractivity contribution >= 4 is 5.69 Å². The fourth-order valence-corrected chi connectivity index (χ4v) is 1.22. The highest BCUT2D eigenvalue weighted by atomic mass is 14.9. The molecule has 1 N–H and O–H groups in total. The third kappa shape index (κ3) is 3.41. The van der Waals surface area contributed by atoms with Crippen LogP contribution in [0.2, 0.25) is 0 Å². The monoisotopic (exact) mass is 191 g/mol. The molecular weight excluding hydrogens is 170 g/mol. The predicted molar refractivity (Wildman–Crippen MR) is 63.9 cm³/mol. The van der Waals surface area contributed by atoms with Gasteiger partial charge in [-0.05, 0) is 42.5 Å². The summed E-state index contributed by atoms with van der Waals surface area (Å²) in [5.74, 6) is 0. The molecule has 1 aromatic carbocycles. The zero-order chi connectivity index (χ0) is 10.8. The van der Waals surface area contributed by atoms with Crippen molar-refractivity contribution in [2.75, 3.05) is 11.9 Å². The molecule has 1 aromatic rings. The Bertz CT molecular complexity index is 308. The lowest BCUT2D eigenvalue weighted by molar-refractivity contribution is 0.443. The van der Waals surface area contributed by atoms with Gasteiger partial charge in [0, 0.05) is 12.2 Å². The summed E-state index contributed by atoms with van der Waals surface area (Å²) in [4.78, 5) is 0. The van der Waals surface area contributed by atoms with Gasteiger partial charge in [0.2, 0.25) is 0 Å². The minimum Gasteiger partial charge on any atom is -0.385 e. The Morgan fingerprint density at radius 1 is 1.07 bits per heavy atom. The van der Waals surface area contributed by atoms with Crippen molar-refractivity contribution in [1.82, 2.24) is 0 Å². The van der Waals surface area contributed by atoms with E-state index < -0.39 is 0 Å². The molecule has 0 aromatic heterocycles. The molecule has 0 aliphatic carbocycles. The molecule has 78 valence electrons. The van der Waals surface area contributed by atoms with E-state index in [0.29, 0.717) is 5.41 Å². The van der Waals surface area contributed by atoms with E-state index in [0.717, 1.165) is 6.54 Å². The van der Waals surface area contributed by atoms with Crippen LogP contribution in [0.3, 0.4) is 0 Å². The molecule has 0 fully saturated rings. The quantitative estimate of drug-likeness (QED) is 0.750. The van der Waals surface area contributed by atoms with E-state index in [1.54, 1.807) is 0 Å². The number of hydrogen-bond donors (Lipinski definition) is 1. The standard InChI is InChI=1S/C13H21N/c1-10-6-7-12(8-11(10)2)14-9-13(3,4)5/h6-8,14H,9H2,1-5H3. The molecule has 0 unspecified atom stereocenters. The zero-order valence-electron chi connectivity index (χ0n) is 9.94. The van der Waals surface area contributed by atoms with Crippen molar-refractivity contribution in [1.29, 1.82) is 0 Å². The maximum atomic E-state index is 3.45. The second kappa shape index (κ2) is 4.04. The van der Waals surface area contributed by atoms with Gasteiger partial charge >= 0.3 is 0 Å². The fourth-order valence-electron chi connectivity index (χ4n) is 1.22. The van der Waals surface area contributed by atoms with Crippen LogP contribution in [-0.2, 0) is 0 Å². The number of nitrogens with one attached hydrogen (secondary N) is 1. The Morgan fingerprint density at radius 3 is 2.21 bits per heavy atom. The van der Waals surface area contributed by atoms with E-state index in [1.165, 1.54) is 16.8 Å². The van der Waals surface area contributed by atoms with Crippen LogP contribution >= 0.6 is 0 Å². The predicted octanol–water partition coefficient (Wildman–Crippen LogP) is 3.76.